The summed E-state index contributed by atoms with van der Waals surface area (Å²) in [5.41, 5.74) is 0.655. The number of hydrogen-bond acceptors (Lipinski definition) is 4. The number of carboxylic acids is 2. The molecule has 0 atom stereocenters. The second kappa shape index (κ2) is 7.72. The normalized spacial score (nSPS) is 9.44. The molecule has 6 nitrogen and oxygen atoms in total. The van der Waals surface area contributed by atoms with Crippen LogP contribution in [0.25, 0.3) is 6.08 Å². The molecular formula is C12H14O6. The second-order valence-corrected chi connectivity index (χ2v) is 3.12. The highest BCUT2D eigenvalue weighted by atomic mass is 16.5. The van der Waals surface area contributed by atoms with Gasteiger partial charge in [0, 0.05) is 13.0 Å². The number of carboxylic acid groups (broad SMARTS) is 2. The van der Waals surface area contributed by atoms with E-state index in [1.54, 1.807) is 12.1 Å². The fourth-order valence-corrected chi connectivity index (χ4v) is 0.965. The lowest BCUT2D eigenvalue weighted by molar-refractivity contribution is -0.134. The van der Waals surface area contributed by atoms with E-state index in [4.69, 9.17) is 19.7 Å². The largest absolute Gasteiger partial charge is 0.504 e. The van der Waals surface area contributed by atoms with Gasteiger partial charge in [0.15, 0.2) is 11.5 Å². The van der Waals surface area contributed by atoms with Gasteiger partial charge < -0.3 is 20.1 Å². The number of ether oxygens (including phenoxy) is 1. The highest BCUT2D eigenvalue weighted by molar-refractivity contribution is 5.85. The lowest BCUT2D eigenvalue weighted by Gasteiger charge is -2.03. The molecule has 0 bridgehead atoms. The fourth-order valence-electron chi connectivity index (χ4n) is 0.965. The minimum Gasteiger partial charge on any atom is -0.504 e. The Morgan fingerprint density at radius 1 is 1.28 bits per heavy atom. The summed E-state index contributed by atoms with van der Waals surface area (Å²) in [5, 5.41) is 25.1. The van der Waals surface area contributed by atoms with Crippen LogP contribution >= 0.6 is 0 Å². The van der Waals surface area contributed by atoms with Crippen LogP contribution in [0.3, 0.4) is 0 Å². The molecule has 0 saturated carbocycles. The number of carbonyl (C=O) groups is 2. The fraction of sp³-hybridized carbons (Fsp3) is 0.167. The number of benzene rings is 1. The van der Waals surface area contributed by atoms with Crippen molar-refractivity contribution >= 4 is 18.0 Å². The van der Waals surface area contributed by atoms with Gasteiger partial charge in [0.2, 0.25) is 0 Å². The van der Waals surface area contributed by atoms with Crippen LogP contribution in [-0.4, -0.2) is 34.4 Å². The SMILES string of the molecule is CC(=O)O.COc1cc(/C=C/C(=O)O)ccc1O. The summed E-state index contributed by atoms with van der Waals surface area (Å²) in [6.45, 7) is 1.08. The molecule has 0 spiro atoms. The lowest BCUT2D eigenvalue weighted by Crippen LogP contribution is -1.87. The molecule has 1 rings (SSSR count). The van der Waals surface area contributed by atoms with Crippen molar-refractivity contribution in [2.24, 2.45) is 0 Å². The van der Waals surface area contributed by atoms with Gasteiger partial charge in [-0.25, -0.2) is 4.79 Å². The summed E-state index contributed by atoms with van der Waals surface area (Å²) >= 11 is 0. The Bertz CT molecular complexity index is 446. The number of methoxy groups -OCH3 is 1. The van der Waals surface area contributed by atoms with Crippen LogP contribution in [0.5, 0.6) is 11.5 Å². The van der Waals surface area contributed by atoms with E-state index < -0.39 is 11.9 Å². The van der Waals surface area contributed by atoms with E-state index in [1.165, 1.54) is 19.3 Å². The number of phenolic OH excluding ortho intramolecular Hbond substituents is 1. The third kappa shape index (κ3) is 6.89. The van der Waals surface area contributed by atoms with Gasteiger partial charge in [-0.2, -0.15) is 0 Å². The Labute approximate surface area is 104 Å². The van der Waals surface area contributed by atoms with Crippen LogP contribution in [0.2, 0.25) is 0 Å². The van der Waals surface area contributed by atoms with Crippen LogP contribution in [-0.2, 0) is 9.59 Å². The molecule has 0 fully saturated rings. The first-order chi connectivity index (χ1) is 8.36. The van der Waals surface area contributed by atoms with Crippen molar-refractivity contribution in [2.75, 3.05) is 7.11 Å². The second-order valence-electron chi connectivity index (χ2n) is 3.12. The van der Waals surface area contributed by atoms with E-state index in [0.717, 1.165) is 13.0 Å². The Morgan fingerprint density at radius 3 is 2.28 bits per heavy atom. The first-order valence-electron chi connectivity index (χ1n) is 4.84. The predicted octanol–water partition coefficient (Wildman–Crippen LogP) is 1.59. The van der Waals surface area contributed by atoms with Crippen LogP contribution in [0, 0.1) is 0 Å². The summed E-state index contributed by atoms with van der Waals surface area (Å²) in [6, 6.07) is 4.59. The summed E-state index contributed by atoms with van der Waals surface area (Å²) in [4.78, 5) is 19.2. The highest BCUT2D eigenvalue weighted by Gasteiger charge is 2.00. The minimum atomic E-state index is -1.02. The molecule has 1 aromatic rings. The zero-order chi connectivity index (χ0) is 14.1. The maximum Gasteiger partial charge on any atom is 0.328 e. The first-order valence-corrected chi connectivity index (χ1v) is 4.84. The molecule has 0 radical (unpaired) electrons. The van der Waals surface area contributed by atoms with Gasteiger partial charge in [-0.15, -0.1) is 0 Å². The highest BCUT2D eigenvalue weighted by Crippen LogP contribution is 2.26. The van der Waals surface area contributed by atoms with Crippen LogP contribution < -0.4 is 4.74 Å². The molecule has 0 amide bonds. The van der Waals surface area contributed by atoms with Gasteiger partial charge in [0.05, 0.1) is 7.11 Å². The Morgan fingerprint density at radius 2 is 1.83 bits per heavy atom. The molecular weight excluding hydrogens is 240 g/mol. The summed E-state index contributed by atoms with van der Waals surface area (Å²) in [6.07, 6.45) is 2.44. The lowest BCUT2D eigenvalue weighted by atomic mass is 10.2. The molecule has 3 N–H and O–H groups in total. The molecule has 0 aromatic heterocycles. The predicted molar refractivity (Wildman–Crippen MR) is 64.6 cm³/mol. The van der Waals surface area contributed by atoms with Crippen LogP contribution in [0.1, 0.15) is 12.5 Å². The van der Waals surface area contributed by atoms with Crippen LogP contribution in [0.15, 0.2) is 24.3 Å². The van der Waals surface area contributed by atoms with Gasteiger partial charge in [0.25, 0.3) is 5.97 Å². The Balaban J connectivity index is 0.000000631. The quantitative estimate of drug-likeness (QED) is 0.707. The molecule has 0 saturated heterocycles. The minimum absolute atomic E-state index is 0.0278. The van der Waals surface area contributed by atoms with Crippen molar-refractivity contribution in [3.05, 3.63) is 29.8 Å². The van der Waals surface area contributed by atoms with Gasteiger partial charge in [-0.3, -0.25) is 4.79 Å². The maximum absolute atomic E-state index is 10.2. The van der Waals surface area contributed by atoms with E-state index in [0.29, 0.717) is 11.3 Å². The topological polar surface area (TPSA) is 104 Å². The summed E-state index contributed by atoms with van der Waals surface area (Å²) < 4.78 is 4.86. The maximum atomic E-state index is 10.2. The van der Waals surface area contributed by atoms with E-state index in [1.807, 2.05) is 0 Å². The van der Waals surface area contributed by atoms with E-state index in [-0.39, 0.29) is 5.75 Å². The van der Waals surface area contributed by atoms with Gasteiger partial charge in [0.1, 0.15) is 0 Å². The van der Waals surface area contributed by atoms with Crippen molar-refractivity contribution in [1.29, 1.82) is 0 Å². The number of hydrogen-bond donors (Lipinski definition) is 3. The molecule has 0 heterocycles. The monoisotopic (exact) mass is 254 g/mol. The molecule has 1 aromatic carbocycles. The van der Waals surface area contributed by atoms with Crippen LogP contribution in [0.4, 0.5) is 0 Å². The molecule has 0 aliphatic heterocycles. The summed E-state index contributed by atoms with van der Waals surface area (Å²) in [5.74, 6) is -1.51. The molecule has 0 unspecified atom stereocenters. The number of aromatic hydroxyl groups is 1. The zero-order valence-corrected chi connectivity index (χ0v) is 9.95. The first kappa shape index (κ1) is 15.5. The van der Waals surface area contributed by atoms with Gasteiger partial charge >= 0.3 is 5.97 Å². The molecule has 98 valence electrons. The van der Waals surface area contributed by atoms with Crippen molar-refractivity contribution in [1.82, 2.24) is 0 Å². The van der Waals surface area contributed by atoms with Crippen molar-refractivity contribution in [2.45, 2.75) is 6.92 Å². The van der Waals surface area contributed by atoms with Crippen molar-refractivity contribution in [3.63, 3.8) is 0 Å². The summed E-state index contributed by atoms with van der Waals surface area (Å²) in [7, 11) is 1.43. The molecule has 18 heavy (non-hydrogen) atoms. The van der Waals surface area contributed by atoms with Gasteiger partial charge in [-0.1, -0.05) is 6.07 Å². The van der Waals surface area contributed by atoms with E-state index in [2.05, 4.69) is 0 Å². The molecule has 6 heteroatoms. The van der Waals surface area contributed by atoms with E-state index in [9.17, 15) is 9.90 Å². The third-order valence-corrected chi connectivity index (χ3v) is 1.62. The smallest absolute Gasteiger partial charge is 0.328 e. The van der Waals surface area contributed by atoms with Crippen molar-refractivity contribution in [3.8, 4) is 11.5 Å². The number of phenols is 1. The number of aliphatic carboxylic acids is 2. The zero-order valence-electron chi connectivity index (χ0n) is 9.95. The molecule has 0 aliphatic rings. The van der Waals surface area contributed by atoms with Crippen molar-refractivity contribution < 1.29 is 29.6 Å². The Hall–Kier alpha value is -2.50. The third-order valence-electron chi connectivity index (χ3n) is 1.62. The van der Waals surface area contributed by atoms with E-state index >= 15 is 0 Å². The Kier molecular flexibility index (Phi) is 6.65. The standard InChI is InChI=1S/C10H10O4.C2H4O2/c1-14-9-6-7(2-4-8(9)11)3-5-10(12)13;1-2(3)4/h2-6,11H,1H3,(H,12,13);1H3,(H,3,4)/b5-3+;. The average Bonchev–Trinajstić information content (AvgIpc) is 2.27. The molecule has 0 aliphatic carbocycles. The average molecular weight is 254 g/mol. The number of rotatable bonds is 3. The van der Waals surface area contributed by atoms with Gasteiger partial charge in [-0.05, 0) is 23.8 Å².